The van der Waals surface area contributed by atoms with Crippen molar-refractivity contribution in [2.45, 2.75) is 45.2 Å². The number of piperidine rings is 1. The molecule has 1 unspecified atom stereocenters. The van der Waals surface area contributed by atoms with E-state index in [-0.39, 0.29) is 30.6 Å². The number of nitriles is 1. The zero-order valence-electron chi connectivity index (χ0n) is 15.8. The van der Waals surface area contributed by atoms with Crippen LogP contribution in [0.1, 0.15) is 37.3 Å². The summed E-state index contributed by atoms with van der Waals surface area (Å²) in [5.41, 5.74) is 0.0649. The van der Waals surface area contributed by atoms with Gasteiger partial charge in [-0.2, -0.15) is 5.26 Å². The summed E-state index contributed by atoms with van der Waals surface area (Å²) in [5.74, 6) is -1.92. The van der Waals surface area contributed by atoms with Crippen molar-refractivity contribution in [2.75, 3.05) is 13.1 Å². The Balaban J connectivity index is 2.03. The number of carbonyl (C=O) groups excluding carboxylic acids is 2. The summed E-state index contributed by atoms with van der Waals surface area (Å²) in [6.07, 6.45) is -4.67. The maximum absolute atomic E-state index is 12.6. The molecule has 29 heavy (non-hydrogen) atoms. The van der Waals surface area contributed by atoms with Crippen LogP contribution in [-0.4, -0.2) is 47.4 Å². The van der Waals surface area contributed by atoms with Crippen molar-refractivity contribution in [3.05, 3.63) is 29.3 Å². The lowest BCUT2D eigenvalue weighted by Crippen LogP contribution is -2.48. The Morgan fingerprint density at radius 1 is 1.45 bits per heavy atom. The van der Waals surface area contributed by atoms with Gasteiger partial charge in [0.2, 0.25) is 5.91 Å². The fourth-order valence-corrected chi connectivity index (χ4v) is 3.09. The number of halogens is 3. The van der Waals surface area contributed by atoms with Crippen LogP contribution in [0.25, 0.3) is 0 Å². The van der Waals surface area contributed by atoms with Crippen LogP contribution >= 0.6 is 0 Å². The van der Waals surface area contributed by atoms with Crippen LogP contribution < -0.4 is 10.1 Å². The number of likely N-dealkylation sites (tertiary alicyclic amines) is 1. The van der Waals surface area contributed by atoms with E-state index in [0.717, 1.165) is 6.07 Å². The van der Waals surface area contributed by atoms with Crippen LogP contribution in [-0.2, 0) is 16.1 Å². The molecule has 1 aromatic carbocycles. The predicted molar refractivity (Wildman–Crippen MR) is 95.3 cm³/mol. The molecule has 1 saturated heterocycles. The first kappa shape index (κ1) is 22.5. The Morgan fingerprint density at radius 2 is 2.17 bits per heavy atom. The van der Waals surface area contributed by atoms with Gasteiger partial charge in [0.1, 0.15) is 11.9 Å². The highest BCUT2D eigenvalue weighted by molar-refractivity contribution is 5.83. The van der Waals surface area contributed by atoms with Crippen molar-refractivity contribution in [2.24, 2.45) is 5.92 Å². The second-order valence-electron chi connectivity index (χ2n) is 6.75. The number of nitrogens with one attached hydrogen (secondary N) is 1. The Kier molecular flexibility index (Phi) is 7.45. The fraction of sp³-hybridized carbons (Fsp3) is 0.526. The summed E-state index contributed by atoms with van der Waals surface area (Å²) >= 11 is 0. The Labute approximate surface area is 166 Å². The first-order chi connectivity index (χ1) is 13.6. The van der Waals surface area contributed by atoms with Gasteiger partial charge in [-0.25, -0.2) is 0 Å². The van der Waals surface area contributed by atoms with Gasteiger partial charge in [0.05, 0.1) is 17.6 Å². The number of aliphatic hydroxyl groups is 1. The van der Waals surface area contributed by atoms with E-state index in [1.807, 2.05) is 0 Å². The van der Waals surface area contributed by atoms with Crippen molar-refractivity contribution < 1.29 is 32.6 Å². The van der Waals surface area contributed by atoms with E-state index >= 15 is 0 Å². The molecule has 1 aliphatic heterocycles. The summed E-state index contributed by atoms with van der Waals surface area (Å²) in [7, 11) is 0. The molecule has 1 heterocycles. The quantitative estimate of drug-likeness (QED) is 0.744. The number of hydrogen-bond acceptors (Lipinski definition) is 5. The number of aliphatic hydroxyl groups excluding tert-OH is 1. The number of amides is 2. The Hall–Kier alpha value is -2.80. The molecule has 1 aliphatic rings. The average molecular weight is 413 g/mol. The molecule has 2 rings (SSSR count). The Bertz CT molecular complexity index is 792. The maximum atomic E-state index is 12.6. The standard InChI is InChI=1S/C19H22F3N3O4/c1-2-15(26)18(28)25-7-3-4-14(11-25)17(27)24-10-13-6-5-12(9-23)8-16(13)29-19(20,21)22/h5-6,8,14-15,26H,2-4,7,10-11H2,1H3,(H,24,27)/t14?,15-/m1/s1. The molecule has 158 valence electrons. The van der Waals surface area contributed by atoms with E-state index in [9.17, 15) is 27.9 Å². The van der Waals surface area contributed by atoms with Gasteiger partial charge in [0.15, 0.2) is 0 Å². The van der Waals surface area contributed by atoms with Crippen LogP contribution in [0.4, 0.5) is 13.2 Å². The van der Waals surface area contributed by atoms with Crippen LogP contribution in [0.3, 0.4) is 0 Å². The minimum Gasteiger partial charge on any atom is -0.405 e. The van der Waals surface area contributed by atoms with E-state index in [4.69, 9.17) is 5.26 Å². The van der Waals surface area contributed by atoms with E-state index in [2.05, 4.69) is 10.1 Å². The minimum absolute atomic E-state index is 0.00440. The molecule has 10 heteroatoms. The number of alkyl halides is 3. The molecule has 0 aromatic heterocycles. The third kappa shape index (κ3) is 6.35. The highest BCUT2D eigenvalue weighted by Gasteiger charge is 2.33. The fourth-order valence-electron chi connectivity index (χ4n) is 3.09. The summed E-state index contributed by atoms with van der Waals surface area (Å²) in [6.45, 7) is 2.03. The molecule has 1 aromatic rings. The number of carbonyl (C=O) groups is 2. The third-order valence-corrected chi connectivity index (χ3v) is 4.65. The lowest BCUT2D eigenvalue weighted by molar-refractivity contribution is -0.274. The lowest BCUT2D eigenvalue weighted by Gasteiger charge is -2.33. The molecule has 2 atom stereocenters. The molecular weight excluding hydrogens is 391 g/mol. The van der Waals surface area contributed by atoms with Gasteiger partial charge in [-0.15, -0.1) is 13.2 Å². The average Bonchev–Trinajstić information content (AvgIpc) is 2.70. The SMILES string of the molecule is CC[C@@H](O)C(=O)N1CCCC(C(=O)NCc2ccc(C#N)cc2OC(F)(F)F)C1. The van der Waals surface area contributed by atoms with E-state index in [0.29, 0.717) is 19.4 Å². The van der Waals surface area contributed by atoms with Gasteiger partial charge in [0.25, 0.3) is 5.91 Å². The van der Waals surface area contributed by atoms with Gasteiger partial charge in [0, 0.05) is 25.2 Å². The predicted octanol–water partition coefficient (Wildman–Crippen LogP) is 2.08. The normalized spacial score (nSPS) is 17.9. The number of ether oxygens (including phenoxy) is 1. The maximum Gasteiger partial charge on any atom is 0.573 e. The molecule has 7 nitrogen and oxygen atoms in total. The first-order valence-electron chi connectivity index (χ1n) is 9.18. The van der Waals surface area contributed by atoms with Gasteiger partial charge < -0.3 is 20.1 Å². The number of hydrogen-bond donors (Lipinski definition) is 2. The van der Waals surface area contributed by atoms with Crippen LogP contribution in [0.15, 0.2) is 18.2 Å². The second-order valence-corrected chi connectivity index (χ2v) is 6.75. The monoisotopic (exact) mass is 413 g/mol. The smallest absolute Gasteiger partial charge is 0.405 e. The van der Waals surface area contributed by atoms with E-state index in [1.165, 1.54) is 17.0 Å². The van der Waals surface area contributed by atoms with Crippen molar-refractivity contribution in [3.8, 4) is 11.8 Å². The van der Waals surface area contributed by atoms with Gasteiger partial charge in [-0.1, -0.05) is 13.0 Å². The molecular formula is C19H22F3N3O4. The summed E-state index contributed by atoms with van der Waals surface area (Å²) < 4.78 is 41.8. The molecule has 0 saturated carbocycles. The topological polar surface area (TPSA) is 103 Å². The van der Waals surface area contributed by atoms with Crippen molar-refractivity contribution in [1.29, 1.82) is 5.26 Å². The van der Waals surface area contributed by atoms with Gasteiger partial charge in [-0.3, -0.25) is 9.59 Å². The minimum atomic E-state index is -4.93. The zero-order valence-corrected chi connectivity index (χ0v) is 15.8. The zero-order chi connectivity index (χ0) is 21.6. The molecule has 2 N–H and O–H groups in total. The Morgan fingerprint density at radius 3 is 2.79 bits per heavy atom. The van der Waals surface area contributed by atoms with Crippen molar-refractivity contribution >= 4 is 11.8 Å². The van der Waals surface area contributed by atoms with E-state index in [1.54, 1.807) is 13.0 Å². The molecule has 0 radical (unpaired) electrons. The van der Waals surface area contributed by atoms with Crippen LogP contribution in [0.2, 0.25) is 0 Å². The number of rotatable bonds is 6. The first-order valence-corrected chi connectivity index (χ1v) is 9.18. The number of benzene rings is 1. The largest absolute Gasteiger partial charge is 0.573 e. The molecule has 0 aliphatic carbocycles. The molecule has 1 fully saturated rings. The lowest BCUT2D eigenvalue weighted by atomic mass is 9.96. The van der Waals surface area contributed by atoms with Crippen molar-refractivity contribution in [3.63, 3.8) is 0 Å². The van der Waals surface area contributed by atoms with E-state index < -0.39 is 35.9 Å². The highest BCUT2D eigenvalue weighted by Crippen LogP contribution is 2.28. The third-order valence-electron chi connectivity index (χ3n) is 4.65. The van der Waals surface area contributed by atoms with Gasteiger partial charge >= 0.3 is 6.36 Å². The summed E-state index contributed by atoms with van der Waals surface area (Å²) in [4.78, 5) is 26.0. The van der Waals surface area contributed by atoms with Crippen LogP contribution in [0.5, 0.6) is 5.75 Å². The molecule has 0 spiro atoms. The highest BCUT2D eigenvalue weighted by atomic mass is 19.4. The summed E-state index contributed by atoms with van der Waals surface area (Å²) in [5, 5.41) is 21.1. The molecule has 0 bridgehead atoms. The van der Waals surface area contributed by atoms with Gasteiger partial charge in [-0.05, 0) is 31.4 Å². The van der Waals surface area contributed by atoms with Crippen molar-refractivity contribution in [1.82, 2.24) is 10.2 Å². The molecule has 2 amide bonds. The summed E-state index contributed by atoms with van der Waals surface area (Å²) in [6, 6.07) is 5.31. The second kappa shape index (κ2) is 9.60. The van der Waals surface area contributed by atoms with Crippen LogP contribution in [0, 0.1) is 17.2 Å². The number of nitrogens with zero attached hydrogens (tertiary/aromatic N) is 2.